The molecule has 0 heterocycles. The number of nitrogens with one attached hydrogen (secondary N) is 2. The second kappa shape index (κ2) is 21.2. The molecule has 0 aromatic heterocycles. The van der Waals surface area contributed by atoms with Crippen LogP contribution in [0.4, 0.5) is 0 Å². The zero-order chi connectivity index (χ0) is 33.8. The fourth-order valence-electron chi connectivity index (χ4n) is 5.03. The molecule has 0 aliphatic heterocycles. The molecular formula is C40H48N2O4S2. The summed E-state index contributed by atoms with van der Waals surface area (Å²) in [6.07, 6.45) is 9.27. The van der Waals surface area contributed by atoms with Gasteiger partial charge in [-0.2, -0.15) is 0 Å². The van der Waals surface area contributed by atoms with E-state index in [-0.39, 0.29) is 11.8 Å². The van der Waals surface area contributed by atoms with Crippen molar-refractivity contribution in [3.05, 3.63) is 119 Å². The van der Waals surface area contributed by atoms with Crippen molar-refractivity contribution in [1.29, 1.82) is 0 Å². The zero-order valence-electron chi connectivity index (χ0n) is 28.2. The van der Waals surface area contributed by atoms with Crippen LogP contribution in [0.3, 0.4) is 0 Å². The third-order valence-electron chi connectivity index (χ3n) is 7.72. The number of ether oxygens (including phenoxy) is 2. The van der Waals surface area contributed by atoms with Crippen LogP contribution in [0.25, 0.3) is 0 Å². The van der Waals surface area contributed by atoms with Crippen LogP contribution in [0.15, 0.2) is 107 Å². The van der Waals surface area contributed by atoms with Crippen LogP contribution in [0.1, 0.15) is 97.1 Å². The first kappa shape index (κ1) is 36.9. The Hall–Kier alpha value is -3.88. The van der Waals surface area contributed by atoms with Crippen LogP contribution in [0, 0.1) is 0 Å². The minimum atomic E-state index is -0.150. The van der Waals surface area contributed by atoms with E-state index in [4.69, 9.17) is 9.47 Å². The molecule has 4 aromatic rings. The molecule has 0 spiro atoms. The van der Waals surface area contributed by atoms with Crippen molar-refractivity contribution < 1.29 is 19.1 Å². The van der Waals surface area contributed by atoms with Crippen molar-refractivity contribution in [2.75, 3.05) is 13.2 Å². The number of carbonyl (C=O) groups is 2. The van der Waals surface area contributed by atoms with Crippen molar-refractivity contribution in [2.24, 2.45) is 0 Å². The molecule has 0 fully saturated rings. The lowest BCUT2D eigenvalue weighted by molar-refractivity contribution is 0.0940. The van der Waals surface area contributed by atoms with Gasteiger partial charge in [0.15, 0.2) is 0 Å². The number of carbonyl (C=O) groups excluding carboxylic acids is 2. The van der Waals surface area contributed by atoms with Crippen LogP contribution < -0.4 is 20.1 Å². The van der Waals surface area contributed by atoms with E-state index in [1.165, 1.54) is 60.1 Å². The normalized spacial score (nSPS) is 10.8. The van der Waals surface area contributed by atoms with Crippen LogP contribution in [-0.2, 0) is 13.1 Å². The first-order chi connectivity index (χ1) is 23.6. The number of unbranched alkanes of at least 4 members (excludes halogenated alkanes) is 6. The number of amides is 2. The van der Waals surface area contributed by atoms with Gasteiger partial charge in [0.25, 0.3) is 11.8 Å². The van der Waals surface area contributed by atoms with E-state index < -0.39 is 0 Å². The fourth-order valence-corrected chi connectivity index (χ4v) is 7.39. The Morgan fingerprint density at radius 1 is 0.542 bits per heavy atom. The molecule has 0 atom stereocenters. The second-order valence-corrected chi connectivity index (χ2v) is 13.9. The summed E-state index contributed by atoms with van der Waals surface area (Å²) < 4.78 is 11.8. The van der Waals surface area contributed by atoms with Gasteiger partial charge in [-0.1, -0.05) is 122 Å². The molecule has 0 unspecified atom stereocenters. The Morgan fingerprint density at radius 3 is 1.42 bits per heavy atom. The summed E-state index contributed by atoms with van der Waals surface area (Å²) in [4.78, 5) is 28.2. The lowest BCUT2D eigenvalue weighted by Crippen LogP contribution is -2.23. The molecule has 2 amide bonds. The van der Waals surface area contributed by atoms with E-state index in [1.54, 1.807) is 0 Å². The van der Waals surface area contributed by atoms with Gasteiger partial charge in [0.05, 0.1) is 24.3 Å². The van der Waals surface area contributed by atoms with Gasteiger partial charge in [0, 0.05) is 22.9 Å². The number of rotatable bonds is 21. The van der Waals surface area contributed by atoms with Crippen molar-refractivity contribution in [3.8, 4) is 11.5 Å². The van der Waals surface area contributed by atoms with E-state index in [2.05, 4.69) is 24.5 Å². The van der Waals surface area contributed by atoms with Gasteiger partial charge in [-0.05, 0) is 72.5 Å². The van der Waals surface area contributed by atoms with Gasteiger partial charge in [0.2, 0.25) is 0 Å². The molecule has 0 aliphatic rings. The van der Waals surface area contributed by atoms with Gasteiger partial charge in [-0.15, -0.1) is 0 Å². The predicted octanol–water partition coefficient (Wildman–Crippen LogP) is 10.3. The van der Waals surface area contributed by atoms with E-state index in [9.17, 15) is 9.59 Å². The van der Waals surface area contributed by atoms with E-state index in [1.807, 2.05) is 97.1 Å². The summed E-state index contributed by atoms with van der Waals surface area (Å²) in [6, 6.07) is 30.9. The lowest BCUT2D eigenvalue weighted by Gasteiger charge is -2.13. The smallest absolute Gasteiger partial charge is 0.252 e. The van der Waals surface area contributed by atoms with Crippen LogP contribution in [0.5, 0.6) is 11.5 Å². The SMILES string of the molecule is CCCCCCOc1cccc(CNC(=O)c2ccccc2SSc2ccccc2C(=O)NCc2cccc(OCCCCCC)c2)c1. The molecule has 0 saturated carbocycles. The first-order valence-electron chi connectivity index (χ1n) is 17.1. The van der Waals surface area contributed by atoms with Crippen LogP contribution in [-0.4, -0.2) is 25.0 Å². The number of benzene rings is 4. The molecule has 0 bridgehead atoms. The second-order valence-electron chi connectivity index (χ2n) is 11.6. The average molecular weight is 685 g/mol. The molecule has 254 valence electrons. The van der Waals surface area contributed by atoms with Crippen LogP contribution in [0.2, 0.25) is 0 Å². The van der Waals surface area contributed by atoms with E-state index in [0.29, 0.717) is 37.4 Å². The van der Waals surface area contributed by atoms with Gasteiger partial charge >= 0.3 is 0 Å². The lowest BCUT2D eigenvalue weighted by atomic mass is 10.2. The number of hydrogen-bond acceptors (Lipinski definition) is 6. The molecule has 0 saturated heterocycles. The zero-order valence-corrected chi connectivity index (χ0v) is 29.8. The Balaban J connectivity index is 1.30. The first-order valence-corrected chi connectivity index (χ1v) is 19.2. The van der Waals surface area contributed by atoms with Gasteiger partial charge in [-0.25, -0.2) is 0 Å². The molecule has 4 aromatic carbocycles. The highest BCUT2D eigenvalue weighted by Crippen LogP contribution is 2.40. The predicted molar refractivity (Wildman–Crippen MR) is 199 cm³/mol. The van der Waals surface area contributed by atoms with Gasteiger partial charge in [-0.3, -0.25) is 9.59 Å². The highest BCUT2D eigenvalue weighted by Gasteiger charge is 2.16. The maximum atomic E-state index is 13.3. The minimum absolute atomic E-state index is 0.150. The summed E-state index contributed by atoms with van der Waals surface area (Å²) in [6.45, 7) is 6.59. The van der Waals surface area contributed by atoms with Crippen molar-refractivity contribution in [2.45, 2.75) is 88.1 Å². The molecule has 48 heavy (non-hydrogen) atoms. The number of hydrogen-bond donors (Lipinski definition) is 2. The van der Waals surface area contributed by atoms with E-state index in [0.717, 1.165) is 45.3 Å². The summed E-state index contributed by atoms with van der Waals surface area (Å²) in [5, 5.41) is 6.12. The monoisotopic (exact) mass is 684 g/mol. The maximum Gasteiger partial charge on any atom is 0.252 e. The Labute approximate surface area is 294 Å². The molecule has 6 nitrogen and oxygen atoms in total. The highest BCUT2D eigenvalue weighted by molar-refractivity contribution is 8.76. The summed E-state index contributed by atoms with van der Waals surface area (Å²) in [5.41, 5.74) is 3.14. The van der Waals surface area contributed by atoms with Crippen molar-refractivity contribution >= 4 is 33.4 Å². The largest absolute Gasteiger partial charge is 0.494 e. The molecule has 4 rings (SSSR count). The molecule has 2 N–H and O–H groups in total. The molecule has 0 radical (unpaired) electrons. The average Bonchev–Trinajstić information content (AvgIpc) is 3.12. The highest BCUT2D eigenvalue weighted by atomic mass is 33.1. The molecule has 8 heteroatoms. The standard InChI is InChI=1S/C40H48N2O4S2/c1-3-5-7-13-25-45-33-19-15-17-31(27-33)29-41-39(43)35-21-9-11-23-37(35)47-48-38-24-12-10-22-36(38)40(44)42-30-32-18-16-20-34(28-32)46-26-14-8-6-4-2/h9-12,15-24,27-28H,3-8,13-14,25-26,29-30H2,1-2H3,(H,41,43)(H,42,44). The fraction of sp³-hybridized carbons (Fsp3) is 0.350. The summed E-state index contributed by atoms with van der Waals surface area (Å²) >= 11 is 0. The third kappa shape index (κ3) is 12.6. The Kier molecular flexibility index (Phi) is 16.3. The Morgan fingerprint density at radius 2 is 0.979 bits per heavy atom. The third-order valence-corrected chi connectivity index (χ3v) is 10.2. The van der Waals surface area contributed by atoms with Crippen molar-refractivity contribution in [3.63, 3.8) is 0 Å². The molecular weight excluding hydrogens is 637 g/mol. The quantitative estimate of drug-likeness (QED) is 0.0672. The van der Waals surface area contributed by atoms with Gasteiger partial charge < -0.3 is 20.1 Å². The minimum Gasteiger partial charge on any atom is -0.494 e. The summed E-state index contributed by atoms with van der Waals surface area (Å²) in [7, 11) is 2.93. The Bertz CT molecular complexity index is 1460. The van der Waals surface area contributed by atoms with Gasteiger partial charge in [0.1, 0.15) is 11.5 Å². The van der Waals surface area contributed by atoms with Crippen molar-refractivity contribution in [1.82, 2.24) is 10.6 Å². The van der Waals surface area contributed by atoms with E-state index >= 15 is 0 Å². The molecule has 0 aliphatic carbocycles. The topological polar surface area (TPSA) is 76.7 Å². The maximum absolute atomic E-state index is 13.3. The summed E-state index contributed by atoms with van der Waals surface area (Å²) in [5.74, 6) is 1.35. The van der Waals surface area contributed by atoms with Crippen LogP contribution >= 0.6 is 21.6 Å².